The number of oxazole rings is 1. The predicted octanol–water partition coefficient (Wildman–Crippen LogP) is 5.52. The molecule has 0 aliphatic carbocycles. The Morgan fingerprint density at radius 2 is 1.86 bits per heavy atom. The topological polar surface area (TPSA) is 103 Å². The largest absolute Gasteiger partial charge is 0.494 e. The molecule has 35 heavy (non-hydrogen) atoms. The van der Waals surface area contributed by atoms with Crippen LogP contribution in [0.4, 0.5) is 13.2 Å². The van der Waals surface area contributed by atoms with Gasteiger partial charge in [0.05, 0.1) is 19.7 Å². The maximum absolute atomic E-state index is 13.2. The number of fused-ring (bicyclic) bond motifs is 1. The number of benzene rings is 2. The summed E-state index contributed by atoms with van der Waals surface area (Å²) >= 11 is 5.92. The lowest BCUT2D eigenvalue weighted by molar-refractivity contribution is -0.140. The third-order valence-electron chi connectivity index (χ3n) is 5.38. The average Bonchev–Trinajstić information content (AvgIpc) is 3.27. The van der Waals surface area contributed by atoms with Crippen LogP contribution in [0.3, 0.4) is 0 Å². The van der Waals surface area contributed by atoms with E-state index in [1.165, 1.54) is 19.2 Å². The van der Waals surface area contributed by atoms with Crippen LogP contribution >= 0.6 is 11.6 Å². The van der Waals surface area contributed by atoms with Crippen molar-refractivity contribution in [3.8, 4) is 17.2 Å². The van der Waals surface area contributed by atoms with Crippen molar-refractivity contribution in [2.24, 2.45) is 5.73 Å². The number of carbonyl (C=O) groups excluding carboxylic acids is 1. The van der Waals surface area contributed by atoms with Crippen LogP contribution in [-0.2, 0) is 12.7 Å². The molecule has 0 fully saturated rings. The van der Waals surface area contributed by atoms with E-state index in [4.69, 9.17) is 26.5 Å². The minimum Gasteiger partial charge on any atom is -0.494 e. The van der Waals surface area contributed by atoms with E-state index in [1.54, 1.807) is 37.3 Å². The molecule has 1 unspecified atom stereocenters. The number of nitrogens with two attached hydrogens (primary N) is 1. The van der Waals surface area contributed by atoms with Crippen LogP contribution in [0.1, 0.15) is 40.5 Å². The Labute approximate surface area is 203 Å². The number of amides is 1. The van der Waals surface area contributed by atoms with Gasteiger partial charge in [0.15, 0.2) is 11.5 Å². The maximum atomic E-state index is 13.2. The Morgan fingerprint density at radius 1 is 1.14 bits per heavy atom. The molecule has 7 nitrogen and oxygen atoms in total. The van der Waals surface area contributed by atoms with E-state index in [1.807, 2.05) is 0 Å². The monoisotopic (exact) mass is 504 g/mol. The van der Waals surface area contributed by atoms with Crippen molar-refractivity contribution in [2.75, 3.05) is 7.11 Å². The van der Waals surface area contributed by atoms with E-state index in [-0.39, 0.29) is 41.2 Å². The molecule has 4 rings (SSSR count). The van der Waals surface area contributed by atoms with Gasteiger partial charge >= 0.3 is 6.18 Å². The molecule has 2 aromatic heterocycles. The average molecular weight is 505 g/mol. The number of halogens is 4. The third kappa shape index (κ3) is 4.94. The quantitative estimate of drug-likeness (QED) is 0.358. The molecule has 0 bridgehead atoms. The van der Waals surface area contributed by atoms with Gasteiger partial charge in [0.1, 0.15) is 17.0 Å². The molecule has 3 N–H and O–H groups in total. The van der Waals surface area contributed by atoms with Gasteiger partial charge in [0.2, 0.25) is 5.89 Å². The highest BCUT2D eigenvalue weighted by molar-refractivity contribution is 6.30. The van der Waals surface area contributed by atoms with Gasteiger partial charge in [0, 0.05) is 16.0 Å². The molecule has 0 aliphatic rings. The Kier molecular flexibility index (Phi) is 6.68. The summed E-state index contributed by atoms with van der Waals surface area (Å²) in [6.07, 6.45) is -4.63. The third-order valence-corrected chi connectivity index (χ3v) is 5.63. The van der Waals surface area contributed by atoms with Crippen LogP contribution in [0.15, 0.2) is 52.9 Å². The number of hydrogen-bond acceptors (Lipinski definition) is 6. The summed E-state index contributed by atoms with van der Waals surface area (Å²) in [6, 6.07) is 11.8. The number of aromatic nitrogens is 2. The second kappa shape index (κ2) is 9.55. The van der Waals surface area contributed by atoms with Gasteiger partial charge in [-0.15, -0.1) is 0 Å². The SMILES string of the molecule is COc1ccc(-c2nc(C(=O)NC(C)c3ccc(Cl)cc3)c(CN)o2)c2ccc(C(F)(F)F)nc12. The van der Waals surface area contributed by atoms with Gasteiger partial charge in [-0.2, -0.15) is 13.2 Å². The van der Waals surface area contributed by atoms with E-state index in [9.17, 15) is 18.0 Å². The van der Waals surface area contributed by atoms with E-state index in [2.05, 4.69) is 15.3 Å². The summed E-state index contributed by atoms with van der Waals surface area (Å²) in [5.74, 6) is -0.220. The minimum absolute atomic E-state index is 0.0176. The molecule has 0 aliphatic heterocycles. The van der Waals surface area contributed by atoms with Crippen LogP contribution in [0.2, 0.25) is 5.02 Å². The summed E-state index contributed by atoms with van der Waals surface area (Å²) in [5.41, 5.74) is 5.84. The van der Waals surface area contributed by atoms with Crippen LogP contribution in [0.5, 0.6) is 5.75 Å². The van der Waals surface area contributed by atoms with E-state index in [0.29, 0.717) is 16.0 Å². The molecule has 2 aromatic carbocycles. The summed E-state index contributed by atoms with van der Waals surface area (Å²) in [5, 5.41) is 3.71. The fourth-order valence-corrected chi connectivity index (χ4v) is 3.71. The molecule has 1 amide bonds. The number of alkyl halides is 3. The van der Waals surface area contributed by atoms with Crippen molar-refractivity contribution in [2.45, 2.75) is 25.7 Å². The lowest BCUT2D eigenvalue weighted by Crippen LogP contribution is -2.28. The van der Waals surface area contributed by atoms with Gasteiger partial charge in [-0.1, -0.05) is 23.7 Å². The highest BCUT2D eigenvalue weighted by Crippen LogP contribution is 2.37. The van der Waals surface area contributed by atoms with Gasteiger partial charge in [0.25, 0.3) is 5.91 Å². The van der Waals surface area contributed by atoms with Gasteiger partial charge in [-0.25, -0.2) is 9.97 Å². The fraction of sp³-hybridized carbons (Fsp3) is 0.208. The summed E-state index contributed by atoms with van der Waals surface area (Å²) < 4.78 is 50.6. The molecule has 2 heterocycles. The summed E-state index contributed by atoms with van der Waals surface area (Å²) in [7, 11) is 1.33. The Balaban J connectivity index is 1.72. The number of carbonyl (C=O) groups is 1. The number of hydrogen-bond donors (Lipinski definition) is 2. The maximum Gasteiger partial charge on any atom is 0.433 e. The Hall–Kier alpha value is -3.63. The first-order chi connectivity index (χ1) is 16.6. The van der Waals surface area contributed by atoms with Gasteiger partial charge < -0.3 is 20.2 Å². The predicted molar refractivity (Wildman–Crippen MR) is 124 cm³/mol. The van der Waals surface area contributed by atoms with Gasteiger partial charge in [-0.3, -0.25) is 4.79 Å². The van der Waals surface area contributed by atoms with Crippen LogP contribution in [0, 0.1) is 0 Å². The number of ether oxygens (including phenoxy) is 1. The zero-order valence-electron chi connectivity index (χ0n) is 18.6. The van der Waals surface area contributed by atoms with Crippen LogP contribution in [-0.4, -0.2) is 23.0 Å². The standard InChI is InChI=1S/C24H20ClF3N4O3/c1-12(13-3-5-14(25)6-4-13)30-22(33)21-18(11-29)35-23(32-21)16-7-9-17(34-2)20-15(16)8-10-19(31-20)24(26,27)28/h3-10,12H,11,29H2,1-2H3,(H,30,33). The number of nitrogens with one attached hydrogen (secondary N) is 1. The van der Waals surface area contributed by atoms with Crippen molar-refractivity contribution < 1.29 is 27.1 Å². The van der Waals surface area contributed by atoms with Gasteiger partial charge in [-0.05, 0) is 48.9 Å². The first-order valence-corrected chi connectivity index (χ1v) is 10.8. The van der Waals surface area contributed by atoms with Crippen molar-refractivity contribution in [3.63, 3.8) is 0 Å². The molecular formula is C24H20ClF3N4O3. The lowest BCUT2D eigenvalue weighted by atomic mass is 10.1. The van der Waals surface area contributed by atoms with Crippen LogP contribution < -0.4 is 15.8 Å². The van der Waals surface area contributed by atoms with Crippen molar-refractivity contribution in [3.05, 3.63) is 76.3 Å². The number of rotatable bonds is 6. The van der Waals surface area contributed by atoms with Crippen molar-refractivity contribution in [1.29, 1.82) is 0 Å². The molecule has 11 heteroatoms. The second-order valence-electron chi connectivity index (χ2n) is 7.65. The smallest absolute Gasteiger partial charge is 0.433 e. The summed E-state index contributed by atoms with van der Waals surface area (Å²) in [6.45, 7) is 1.68. The fourth-order valence-electron chi connectivity index (χ4n) is 3.58. The zero-order valence-corrected chi connectivity index (χ0v) is 19.4. The van der Waals surface area contributed by atoms with E-state index >= 15 is 0 Å². The first-order valence-electron chi connectivity index (χ1n) is 10.4. The molecule has 1 atom stereocenters. The number of methoxy groups -OCH3 is 1. The molecule has 182 valence electrons. The highest BCUT2D eigenvalue weighted by atomic mass is 35.5. The zero-order chi connectivity index (χ0) is 25.3. The number of nitrogens with zero attached hydrogens (tertiary/aromatic N) is 2. The first kappa shape index (κ1) is 24.5. The second-order valence-corrected chi connectivity index (χ2v) is 8.08. The number of pyridine rings is 1. The Morgan fingerprint density at radius 3 is 2.49 bits per heavy atom. The van der Waals surface area contributed by atoms with E-state index < -0.39 is 17.8 Å². The van der Waals surface area contributed by atoms with Crippen molar-refractivity contribution in [1.82, 2.24) is 15.3 Å². The molecular weight excluding hydrogens is 485 g/mol. The normalized spacial score (nSPS) is 12.5. The molecule has 0 saturated carbocycles. The summed E-state index contributed by atoms with van der Waals surface area (Å²) in [4.78, 5) is 21.0. The van der Waals surface area contributed by atoms with Crippen LogP contribution in [0.25, 0.3) is 22.4 Å². The molecule has 0 saturated heterocycles. The highest BCUT2D eigenvalue weighted by Gasteiger charge is 2.33. The molecule has 0 radical (unpaired) electrons. The molecule has 4 aromatic rings. The van der Waals surface area contributed by atoms with E-state index in [0.717, 1.165) is 11.6 Å². The molecule has 0 spiro atoms. The minimum atomic E-state index is -4.63. The van der Waals surface area contributed by atoms with Crippen molar-refractivity contribution >= 4 is 28.4 Å². The lowest BCUT2D eigenvalue weighted by Gasteiger charge is -2.13. The Bertz CT molecular complexity index is 1390.